The molecule has 0 saturated carbocycles. The van der Waals surface area contributed by atoms with E-state index in [0.29, 0.717) is 0 Å². The molecule has 0 amide bonds. The van der Waals surface area contributed by atoms with Crippen LogP contribution in [0.3, 0.4) is 0 Å². The first-order valence-electron chi connectivity index (χ1n) is 6.94. The highest BCUT2D eigenvalue weighted by Crippen LogP contribution is 2.28. The van der Waals surface area contributed by atoms with E-state index in [-0.39, 0.29) is 5.82 Å². The second-order valence-electron chi connectivity index (χ2n) is 5.19. The minimum atomic E-state index is -0.217. The smallest absolute Gasteiger partial charge is 0.123 e. The standard InChI is InChI=1S/C19H16FN/c1-13-10-11-21-19(14(13)2)17-5-3-4-16(12-17)15-6-8-18(20)9-7-15/h3-12H,1-2H3. The molecule has 0 spiro atoms. The van der Waals surface area contributed by atoms with Crippen LogP contribution < -0.4 is 0 Å². The molecule has 1 heterocycles. The molecule has 1 nitrogen and oxygen atoms in total. The summed E-state index contributed by atoms with van der Waals surface area (Å²) < 4.78 is 13.0. The fourth-order valence-electron chi connectivity index (χ4n) is 2.41. The summed E-state index contributed by atoms with van der Waals surface area (Å²) in [5.74, 6) is -0.217. The van der Waals surface area contributed by atoms with Crippen molar-refractivity contribution >= 4 is 0 Å². The molecule has 0 unspecified atom stereocenters. The molecule has 0 fully saturated rings. The molecule has 0 bridgehead atoms. The maximum atomic E-state index is 13.0. The van der Waals surface area contributed by atoms with E-state index in [2.05, 4.69) is 31.0 Å². The number of hydrogen-bond acceptors (Lipinski definition) is 1. The molecular weight excluding hydrogens is 261 g/mol. The Labute approximate surface area is 124 Å². The van der Waals surface area contributed by atoms with E-state index in [1.165, 1.54) is 23.3 Å². The summed E-state index contributed by atoms with van der Waals surface area (Å²) in [5.41, 5.74) is 6.57. The normalized spacial score (nSPS) is 10.6. The third-order valence-electron chi connectivity index (χ3n) is 3.79. The number of nitrogens with zero attached hydrogens (tertiary/aromatic N) is 1. The van der Waals surface area contributed by atoms with Gasteiger partial charge in [-0.2, -0.15) is 0 Å². The second kappa shape index (κ2) is 5.49. The van der Waals surface area contributed by atoms with Crippen molar-refractivity contribution in [3.8, 4) is 22.4 Å². The minimum absolute atomic E-state index is 0.217. The summed E-state index contributed by atoms with van der Waals surface area (Å²) in [6, 6.07) is 16.8. The number of aromatic nitrogens is 1. The van der Waals surface area contributed by atoms with Crippen LogP contribution in [-0.2, 0) is 0 Å². The molecule has 0 N–H and O–H groups in total. The van der Waals surface area contributed by atoms with Gasteiger partial charge in [-0.05, 0) is 60.4 Å². The van der Waals surface area contributed by atoms with Gasteiger partial charge in [0.2, 0.25) is 0 Å². The van der Waals surface area contributed by atoms with Gasteiger partial charge in [0.1, 0.15) is 5.82 Å². The number of halogens is 1. The molecule has 2 aromatic carbocycles. The molecule has 0 aliphatic carbocycles. The van der Waals surface area contributed by atoms with Crippen molar-refractivity contribution in [1.82, 2.24) is 4.98 Å². The van der Waals surface area contributed by atoms with Gasteiger partial charge in [0, 0.05) is 11.8 Å². The fourth-order valence-corrected chi connectivity index (χ4v) is 2.41. The van der Waals surface area contributed by atoms with Gasteiger partial charge in [0.05, 0.1) is 5.69 Å². The van der Waals surface area contributed by atoms with E-state index in [4.69, 9.17) is 0 Å². The van der Waals surface area contributed by atoms with E-state index < -0.39 is 0 Å². The van der Waals surface area contributed by atoms with Gasteiger partial charge in [0.25, 0.3) is 0 Å². The maximum Gasteiger partial charge on any atom is 0.123 e. The number of rotatable bonds is 2. The van der Waals surface area contributed by atoms with E-state index >= 15 is 0 Å². The minimum Gasteiger partial charge on any atom is -0.256 e. The fraction of sp³-hybridized carbons (Fsp3) is 0.105. The molecule has 0 atom stereocenters. The predicted octanol–water partition coefficient (Wildman–Crippen LogP) is 5.17. The molecule has 21 heavy (non-hydrogen) atoms. The first kappa shape index (κ1) is 13.5. The first-order valence-corrected chi connectivity index (χ1v) is 6.94. The van der Waals surface area contributed by atoms with Crippen LogP contribution in [-0.4, -0.2) is 4.98 Å². The Bertz CT molecular complexity index is 776. The average molecular weight is 277 g/mol. The SMILES string of the molecule is Cc1ccnc(-c2cccc(-c3ccc(F)cc3)c2)c1C. The zero-order valence-corrected chi connectivity index (χ0v) is 12.1. The van der Waals surface area contributed by atoms with Crippen molar-refractivity contribution < 1.29 is 4.39 Å². The summed E-state index contributed by atoms with van der Waals surface area (Å²) in [4.78, 5) is 4.50. The zero-order chi connectivity index (χ0) is 14.8. The summed E-state index contributed by atoms with van der Waals surface area (Å²) in [6.45, 7) is 4.17. The number of benzene rings is 2. The number of aryl methyl sites for hydroxylation is 1. The van der Waals surface area contributed by atoms with Crippen molar-refractivity contribution in [2.24, 2.45) is 0 Å². The molecule has 0 aliphatic rings. The second-order valence-corrected chi connectivity index (χ2v) is 5.19. The Morgan fingerprint density at radius 1 is 0.810 bits per heavy atom. The molecule has 104 valence electrons. The zero-order valence-electron chi connectivity index (χ0n) is 12.1. The van der Waals surface area contributed by atoms with Crippen LogP contribution in [0.1, 0.15) is 11.1 Å². The van der Waals surface area contributed by atoms with E-state index in [0.717, 1.165) is 22.4 Å². The van der Waals surface area contributed by atoms with Crippen LogP contribution in [0.15, 0.2) is 60.8 Å². The first-order chi connectivity index (χ1) is 10.1. The monoisotopic (exact) mass is 277 g/mol. The summed E-state index contributed by atoms with van der Waals surface area (Å²) in [5, 5.41) is 0. The van der Waals surface area contributed by atoms with Gasteiger partial charge >= 0.3 is 0 Å². The van der Waals surface area contributed by atoms with Crippen molar-refractivity contribution in [3.63, 3.8) is 0 Å². The van der Waals surface area contributed by atoms with Gasteiger partial charge in [-0.15, -0.1) is 0 Å². The van der Waals surface area contributed by atoms with Crippen molar-refractivity contribution in [3.05, 3.63) is 77.7 Å². The topological polar surface area (TPSA) is 12.9 Å². The lowest BCUT2D eigenvalue weighted by Gasteiger charge is -2.09. The summed E-state index contributed by atoms with van der Waals surface area (Å²) in [7, 11) is 0. The van der Waals surface area contributed by atoms with Gasteiger partial charge in [-0.3, -0.25) is 4.98 Å². The van der Waals surface area contributed by atoms with Gasteiger partial charge < -0.3 is 0 Å². The summed E-state index contributed by atoms with van der Waals surface area (Å²) in [6.07, 6.45) is 1.84. The molecule has 3 rings (SSSR count). The lowest BCUT2D eigenvalue weighted by molar-refractivity contribution is 0.628. The highest BCUT2D eigenvalue weighted by atomic mass is 19.1. The van der Waals surface area contributed by atoms with E-state index in [1.807, 2.05) is 24.4 Å². The molecule has 0 radical (unpaired) electrons. The van der Waals surface area contributed by atoms with Crippen LogP contribution in [0, 0.1) is 19.7 Å². The lowest BCUT2D eigenvalue weighted by atomic mass is 9.98. The quantitative estimate of drug-likeness (QED) is 0.629. The predicted molar refractivity (Wildman–Crippen MR) is 84.5 cm³/mol. The molecular formula is C19H16FN. The third-order valence-corrected chi connectivity index (χ3v) is 3.79. The molecule has 0 saturated heterocycles. The largest absolute Gasteiger partial charge is 0.256 e. The molecule has 0 aliphatic heterocycles. The van der Waals surface area contributed by atoms with Crippen LogP contribution in [0.4, 0.5) is 4.39 Å². The Morgan fingerprint density at radius 2 is 1.52 bits per heavy atom. The maximum absolute atomic E-state index is 13.0. The molecule has 1 aromatic heterocycles. The average Bonchev–Trinajstić information content (AvgIpc) is 2.51. The number of hydrogen-bond donors (Lipinski definition) is 0. The summed E-state index contributed by atoms with van der Waals surface area (Å²) >= 11 is 0. The Hall–Kier alpha value is -2.48. The van der Waals surface area contributed by atoms with Gasteiger partial charge in [-0.25, -0.2) is 4.39 Å². The van der Waals surface area contributed by atoms with E-state index in [1.54, 1.807) is 12.1 Å². The van der Waals surface area contributed by atoms with Crippen LogP contribution in [0.2, 0.25) is 0 Å². The third kappa shape index (κ3) is 2.70. The van der Waals surface area contributed by atoms with Gasteiger partial charge in [0.15, 0.2) is 0 Å². The van der Waals surface area contributed by atoms with E-state index in [9.17, 15) is 4.39 Å². The Morgan fingerprint density at radius 3 is 2.29 bits per heavy atom. The lowest BCUT2D eigenvalue weighted by Crippen LogP contribution is -1.91. The van der Waals surface area contributed by atoms with Gasteiger partial charge in [-0.1, -0.05) is 30.3 Å². The van der Waals surface area contributed by atoms with Crippen molar-refractivity contribution in [1.29, 1.82) is 0 Å². The van der Waals surface area contributed by atoms with Crippen molar-refractivity contribution in [2.45, 2.75) is 13.8 Å². The van der Waals surface area contributed by atoms with Crippen LogP contribution in [0.5, 0.6) is 0 Å². The molecule has 2 heteroatoms. The Balaban J connectivity index is 2.08. The van der Waals surface area contributed by atoms with Crippen LogP contribution in [0.25, 0.3) is 22.4 Å². The highest BCUT2D eigenvalue weighted by Gasteiger charge is 2.07. The molecule has 3 aromatic rings. The van der Waals surface area contributed by atoms with Crippen LogP contribution >= 0.6 is 0 Å². The van der Waals surface area contributed by atoms with Crippen molar-refractivity contribution in [2.75, 3.05) is 0 Å². The number of pyridine rings is 1. The highest BCUT2D eigenvalue weighted by molar-refractivity contribution is 5.73. The Kier molecular flexibility index (Phi) is 3.53.